The monoisotopic (exact) mass is 499 g/mol. The molecule has 1 saturated heterocycles. The van der Waals surface area contributed by atoms with E-state index in [1.165, 1.54) is 25.3 Å². The summed E-state index contributed by atoms with van der Waals surface area (Å²) in [5.74, 6) is 0.691. The first-order chi connectivity index (χ1) is 13.1. The normalized spacial score (nSPS) is 23.0. The van der Waals surface area contributed by atoms with Crippen LogP contribution >= 0.6 is 24.0 Å². The lowest BCUT2D eigenvalue weighted by molar-refractivity contribution is 0.256. The molecule has 0 spiro atoms. The molecule has 0 amide bonds. The minimum absolute atomic E-state index is 0. The Labute approximate surface area is 183 Å². The van der Waals surface area contributed by atoms with Crippen molar-refractivity contribution in [3.63, 3.8) is 0 Å². The van der Waals surface area contributed by atoms with E-state index in [9.17, 15) is 4.39 Å². The summed E-state index contributed by atoms with van der Waals surface area (Å²) in [4.78, 5) is 10.6. The Morgan fingerprint density at radius 3 is 2.93 bits per heavy atom. The van der Waals surface area contributed by atoms with Gasteiger partial charge in [0.25, 0.3) is 0 Å². The van der Waals surface area contributed by atoms with Gasteiger partial charge < -0.3 is 15.6 Å². The van der Waals surface area contributed by atoms with E-state index < -0.39 is 0 Å². The van der Waals surface area contributed by atoms with Crippen LogP contribution in [0.2, 0.25) is 0 Å². The zero-order valence-electron chi connectivity index (χ0n) is 16.7. The van der Waals surface area contributed by atoms with Gasteiger partial charge in [-0.3, -0.25) is 9.89 Å². The van der Waals surface area contributed by atoms with Crippen LogP contribution in [-0.2, 0) is 6.42 Å². The predicted octanol–water partition coefficient (Wildman–Crippen LogP) is 3.65. The molecule has 2 unspecified atom stereocenters. The number of hydrogen-bond donors (Lipinski definition) is 3. The number of aromatic amines is 1. The van der Waals surface area contributed by atoms with Crippen LogP contribution in [0.25, 0.3) is 10.9 Å². The molecule has 1 aliphatic heterocycles. The minimum atomic E-state index is -0.197. The molecule has 2 aromatic rings. The molecule has 1 saturated carbocycles. The number of benzene rings is 1. The fraction of sp³-hybridized carbons (Fsp3) is 0.571. The quantitative estimate of drug-likeness (QED) is 0.323. The number of nitrogens with one attached hydrogen (secondary N) is 3. The van der Waals surface area contributed by atoms with E-state index >= 15 is 0 Å². The molecule has 154 valence electrons. The first-order valence-corrected chi connectivity index (χ1v) is 10.2. The Morgan fingerprint density at radius 1 is 1.36 bits per heavy atom. The molecule has 0 bridgehead atoms. The average molecular weight is 499 g/mol. The highest BCUT2D eigenvalue weighted by Gasteiger charge is 2.38. The average Bonchev–Trinajstić information content (AvgIpc) is 3.32. The van der Waals surface area contributed by atoms with Gasteiger partial charge in [0.05, 0.1) is 0 Å². The van der Waals surface area contributed by atoms with E-state index in [0.717, 1.165) is 48.0 Å². The number of likely N-dealkylation sites (tertiary alicyclic amines) is 1. The van der Waals surface area contributed by atoms with Crippen molar-refractivity contribution in [1.29, 1.82) is 0 Å². The van der Waals surface area contributed by atoms with Crippen molar-refractivity contribution in [2.24, 2.45) is 4.99 Å². The second-order valence-corrected chi connectivity index (χ2v) is 7.87. The number of fused-ring (bicyclic) bond motifs is 1. The maximum absolute atomic E-state index is 13.5. The first kappa shape index (κ1) is 21.4. The number of aliphatic imine (C=N–C) groups is 1. The van der Waals surface area contributed by atoms with Crippen molar-refractivity contribution in [1.82, 2.24) is 20.5 Å². The summed E-state index contributed by atoms with van der Waals surface area (Å²) in [6, 6.07) is 6.80. The minimum Gasteiger partial charge on any atom is -0.361 e. The fourth-order valence-corrected chi connectivity index (χ4v) is 4.23. The van der Waals surface area contributed by atoms with Crippen LogP contribution in [0.1, 0.15) is 38.7 Å². The number of halogens is 2. The third-order valence-corrected chi connectivity index (χ3v) is 5.70. The van der Waals surface area contributed by atoms with Crippen molar-refractivity contribution in [3.8, 4) is 0 Å². The molecule has 2 atom stereocenters. The molecule has 28 heavy (non-hydrogen) atoms. The number of H-pyrrole nitrogens is 1. The molecular weight excluding hydrogens is 468 g/mol. The highest BCUT2D eigenvalue weighted by molar-refractivity contribution is 14.0. The van der Waals surface area contributed by atoms with Gasteiger partial charge in [-0.05, 0) is 63.3 Å². The van der Waals surface area contributed by atoms with Crippen LogP contribution in [0.3, 0.4) is 0 Å². The molecule has 1 aromatic carbocycles. The van der Waals surface area contributed by atoms with E-state index in [0.29, 0.717) is 18.6 Å². The Balaban J connectivity index is 0.00000225. The first-order valence-electron chi connectivity index (χ1n) is 10.2. The van der Waals surface area contributed by atoms with Crippen LogP contribution in [0.5, 0.6) is 0 Å². The summed E-state index contributed by atoms with van der Waals surface area (Å²) in [7, 11) is 0. The number of guanidine groups is 1. The van der Waals surface area contributed by atoms with Crippen LogP contribution in [0, 0.1) is 5.82 Å². The van der Waals surface area contributed by atoms with Crippen LogP contribution in [0.4, 0.5) is 4.39 Å². The van der Waals surface area contributed by atoms with Crippen molar-refractivity contribution in [2.45, 2.75) is 57.7 Å². The third kappa shape index (κ3) is 4.97. The molecule has 7 heteroatoms. The smallest absolute Gasteiger partial charge is 0.191 e. The predicted molar refractivity (Wildman–Crippen MR) is 124 cm³/mol. The van der Waals surface area contributed by atoms with Gasteiger partial charge in [-0.15, -0.1) is 24.0 Å². The van der Waals surface area contributed by atoms with Crippen molar-refractivity contribution in [3.05, 3.63) is 35.8 Å². The van der Waals surface area contributed by atoms with Gasteiger partial charge in [-0.2, -0.15) is 0 Å². The topological polar surface area (TPSA) is 55.5 Å². The van der Waals surface area contributed by atoms with Gasteiger partial charge in [-0.1, -0.05) is 0 Å². The number of hydrogen-bond acceptors (Lipinski definition) is 2. The maximum Gasteiger partial charge on any atom is 0.191 e. The molecule has 1 aromatic heterocycles. The Morgan fingerprint density at radius 2 is 2.18 bits per heavy atom. The standard InChI is InChI=1S/C21H30FN5.HI/c1-3-23-21(26-17-10-14(2)27(13-17)18-5-6-18)24-9-8-15-12-25-20-7-4-16(22)11-19(15)20;/h4,7,11-12,14,17-18,25H,3,5-6,8-10,13H2,1-2H3,(H2,23,24,26);1H. The lowest BCUT2D eigenvalue weighted by Crippen LogP contribution is -2.44. The van der Waals surface area contributed by atoms with Crippen LogP contribution < -0.4 is 10.6 Å². The molecule has 3 N–H and O–H groups in total. The molecule has 2 aliphatic rings. The number of aromatic nitrogens is 1. The summed E-state index contributed by atoms with van der Waals surface area (Å²) in [6.07, 6.45) is 6.64. The zero-order chi connectivity index (χ0) is 18.8. The van der Waals surface area contributed by atoms with Gasteiger partial charge in [0.2, 0.25) is 0 Å². The van der Waals surface area contributed by atoms with Crippen molar-refractivity contribution >= 4 is 40.8 Å². The molecule has 4 rings (SSSR count). The van der Waals surface area contributed by atoms with E-state index in [1.807, 2.05) is 6.20 Å². The summed E-state index contributed by atoms with van der Waals surface area (Å²) in [6.45, 7) is 7.05. The largest absolute Gasteiger partial charge is 0.361 e. The Kier molecular flexibility index (Phi) is 7.20. The summed E-state index contributed by atoms with van der Waals surface area (Å²) in [5, 5.41) is 7.93. The van der Waals surface area contributed by atoms with Crippen molar-refractivity contribution < 1.29 is 4.39 Å². The van der Waals surface area contributed by atoms with E-state index in [2.05, 4.69) is 34.4 Å². The Hall–Kier alpha value is -1.35. The Bertz CT molecular complexity index is 816. The van der Waals surface area contributed by atoms with Gasteiger partial charge in [0.15, 0.2) is 5.96 Å². The summed E-state index contributed by atoms with van der Waals surface area (Å²) in [5.41, 5.74) is 2.08. The molecule has 5 nitrogen and oxygen atoms in total. The second-order valence-electron chi connectivity index (χ2n) is 7.87. The molecule has 1 aliphatic carbocycles. The highest BCUT2D eigenvalue weighted by atomic mass is 127. The van der Waals surface area contributed by atoms with Gasteiger partial charge in [0.1, 0.15) is 5.82 Å². The second kappa shape index (κ2) is 9.43. The third-order valence-electron chi connectivity index (χ3n) is 5.70. The van der Waals surface area contributed by atoms with Gasteiger partial charge in [0, 0.05) is 54.9 Å². The molecular formula is C21H31FIN5. The van der Waals surface area contributed by atoms with E-state index in [-0.39, 0.29) is 29.8 Å². The van der Waals surface area contributed by atoms with E-state index in [4.69, 9.17) is 4.99 Å². The highest BCUT2D eigenvalue weighted by Crippen LogP contribution is 2.33. The lowest BCUT2D eigenvalue weighted by atomic mass is 10.1. The summed E-state index contributed by atoms with van der Waals surface area (Å²) < 4.78 is 13.5. The molecule has 0 radical (unpaired) electrons. The van der Waals surface area contributed by atoms with Crippen molar-refractivity contribution in [2.75, 3.05) is 19.6 Å². The van der Waals surface area contributed by atoms with E-state index in [1.54, 1.807) is 12.1 Å². The lowest BCUT2D eigenvalue weighted by Gasteiger charge is -2.20. The zero-order valence-corrected chi connectivity index (χ0v) is 19.0. The number of rotatable bonds is 6. The SMILES string of the molecule is CCNC(=NCCc1c[nH]c2ccc(F)cc12)NC1CC(C)N(C2CC2)C1.I. The fourth-order valence-electron chi connectivity index (χ4n) is 4.23. The summed E-state index contributed by atoms with van der Waals surface area (Å²) >= 11 is 0. The molecule has 2 fully saturated rings. The maximum atomic E-state index is 13.5. The van der Waals surface area contributed by atoms with Gasteiger partial charge in [-0.25, -0.2) is 4.39 Å². The van der Waals surface area contributed by atoms with Crippen LogP contribution in [-0.4, -0.2) is 53.6 Å². The van der Waals surface area contributed by atoms with Crippen LogP contribution in [0.15, 0.2) is 29.4 Å². The number of nitrogens with zero attached hydrogens (tertiary/aromatic N) is 2. The van der Waals surface area contributed by atoms with Gasteiger partial charge >= 0.3 is 0 Å². The molecule has 2 heterocycles.